The van der Waals surface area contributed by atoms with E-state index in [1.54, 1.807) is 4.90 Å². The summed E-state index contributed by atoms with van der Waals surface area (Å²) in [4.78, 5) is 28.3. The molecular formula is C18H27N3O2. The van der Waals surface area contributed by atoms with Gasteiger partial charge in [-0.25, -0.2) is 0 Å². The number of carbonyl (C=O) groups excluding carboxylic acids is 2. The van der Waals surface area contributed by atoms with E-state index in [9.17, 15) is 9.59 Å². The lowest BCUT2D eigenvalue weighted by atomic mass is 10.1. The van der Waals surface area contributed by atoms with Crippen molar-refractivity contribution in [3.8, 4) is 0 Å². The van der Waals surface area contributed by atoms with Crippen LogP contribution >= 0.6 is 0 Å². The second-order valence-electron chi connectivity index (χ2n) is 6.46. The lowest BCUT2D eigenvalue weighted by Crippen LogP contribution is -2.46. The Balaban J connectivity index is 1.91. The lowest BCUT2D eigenvalue weighted by molar-refractivity contribution is -0.136. The number of benzene rings is 1. The molecule has 0 spiro atoms. The summed E-state index contributed by atoms with van der Waals surface area (Å²) in [6, 6.07) is 9.30. The van der Waals surface area contributed by atoms with Crippen LogP contribution in [0.25, 0.3) is 0 Å². The summed E-state index contributed by atoms with van der Waals surface area (Å²) in [5.74, 6) is 0.137. The van der Waals surface area contributed by atoms with E-state index in [1.807, 2.05) is 49.1 Å². The summed E-state index contributed by atoms with van der Waals surface area (Å²) < 4.78 is 0. The van der Waals surface area contributed by atoms with E-state index in [1.165, 1.54) is 0 Å². The van der Waals surface area contributed by atoms with E-state index >= 15 is 0 Å². The number of nitrogens with zero attached hydrogens (tertiary/aromatic N) is 2. The molecule has 0 radical (unpaired) electrons. The summed E-state index contributed by atoms with van der Waals surface area (Å²) in [6.07, 6.45) is 1.35. The highest BCUT2D eigenvalue weighted by Crippen LogP contribution is 2.10. The fourth-order valence-corrected chi connectivity index (χ4v) is 2.91. The van der Waals surface area contributed by atoms with Gasteiger partial charge in [-0.15, -0.1) is 0 Å². The Bertz CT molecular complexity index is 530. The van der Waals surface area contributed by atoms with Gasteiger partial charge >= 0.3 is 0 Å². The van der Waals surface area contributed by atoms with Crippen molar-refractivity contribution in [3.63, 3.8) is 0 Å². The Morgan fingerprint density at radius 1 is 1.00 bits per heavy atom. The molecule has 23 heavy (non-hydrogen) atoms. The monoisotopic (exact) mass is 317 g/mol. The molecule has 5 nitrogen and oxygen atoms in total. The number of hydrogen-bond donors (Lipinski definition) is 1. The van der Waals surface area contributed by atoms with E-state index in [4.69, 9.17) is 5.73 Å². The van der Waals surface area contributed by atoms with Gasteiger partial charge in [0.1, 0.15) is 0 Å². The third-order valence-electron chi connectivity index (χ3n) is 4.23. The summed E-state index contributed by atoms with van der Waals surface area (Å²) in [7, 11) is 0. The maximum Gasteiger partial charge on any atom is 0.239 e. The Hall–Kier alpha value is -1.88. The molecule has 126 valence electrons. The van der Waals surface area contributed by atoms with Crippen molar-refractivity contribution in [1.82, 2.24) is 9.80 Å². The first-order chi connectivity index (χ1) is 11.0. The van der Waals surface area contributed by atoms with E-state index in [-0.39, 0.29) is 17.7 Å². The SMILES string of the molecule is CC(C)C(=O)N1CCCN(C(=O)[C@@H](N)Cc2ccccc2)CC1. The molecule has 1 saturated heterocycles. The van der Waals surface area contributed by atoms with Crippen LogP contribution in [0.3, 0.4) is 0 Å². The third kappa shape index (κ3) is 4.79. The Kier molecular flexibility index (Phi) is 6.16. The van der Waals surface area contributed by atoms with Crippen molar-refractivity contribution in [2.24, 2.45) is 11.7 Å². The molecule has 1 aromatic carbocycles. The van der Waals surface area contributed by atoms with Gasteiger partial charge in [0.2, 0.25) is 11.8 Å². The molecule has 1 aromatic rings. The van der Waals surface area contributed by atoms with Crippen molar-refractivity contribution in [1.29, 1.82) is 0 Å². The molecule has 2 rings (SSSR count). The van der Waals surface area contributed by atoms with Gasteiger partial charge in [0, 0.05) is 32.1 Å². The topological polar surface area (TPSA) is 66.6 Å². The number of amides is 2. The molecule has 2 amide bonds. The van der Waals surface area contributed by atoms with Crippen LogP contribution in [-0.2, 0) is 16.0 Å². The Morgan fingerprint density at radius 2 is 1.57 bits per heavy atom. The van der Waals surface area contributed by atoms with E-state index < -0.39 is 6.04 Å². The number of rotatable bonds is 4. The fraction of sp³-hybridized carbons (Fsp3) is 0.556. The highest BCUT2D eigenvalue weighted by Gasteiger charge is 2.26. The van der Waals surface area contributed by atoms with Crippen LogP contribution in [0.5, 0.6) is 0 Å². The lowest BCUT2D eigenvalue weighted by Gasteiger charge is -2.25. The molecule has 2 N–H and O–H groups in total. The molecular weight excluding hydrogens is 290 g/mol. The summed E-state index contributed by atoms with van der Waals surface area (Å²) in [6.45, 7) is 6.37. The van der Waals surface area contributed by atoms with Crippen molar-refractivity contribution in [2.75, 3.05) is 26.2 Å². The largest absolute Gasteiger partial charge is 0.341 e. The minimum absolute atomic E-state index is 0.00223. The average molecular weight is 317 g/mol. The fourth-order valence-electron chi connectivity index (χ4n) is 2.91. The predicted octanol–water partition coefficient (Wildman–Crippen LogP) is 1.27. The van der Waals surface area contributed by atoms with Crippen molar-refractivity contribution in [3.05, 3.63) is 35.9 Å². The molecule has 1 heterocycles. The summed E-state index contributed by atoms with van der Waals surface area (Å²) in [5, 5.41) is 0. The van der Waals surface area contributed by atoms with Crippen molar-refractivity contribution < 1.29 is 9.59 Å². The van der Waals surface area contributed by atoms with Crippen LogP contribution < -0.4 is 5.73 Å². The van der Waals surface area contributed by atoms with Crippen LogP contribution in [0.1, 0.15) is 25.8 Å². The van der Waals surface area contributed by atoms with Crippen molar-refractivity contribution >= 4 is 11.8 Å². The minimum Gasteiger partial charge on any atom is -0.341 e. The third-order valence-corrected chi connectivity index (χ3v) is 4.23. The van der Waals surface area contributed by atoms with Gasteiger partial charge in [0.05, 0.1) is 6.04 Å². The zero-order chi connectivity index (χ0) is 16.8. The standard InChI is InChI=1S/C18H27N3O2/c1-14(2)17(22)20-9-6-10-21(12-11-20)18(23)16(19)13-15-7-4-3-5-8-15/h3-5,7-8,14,16H,6,9-13,19H2,1-2H3/t16-/m0/s1. The first-order valence-electron chi connectivity index (χ1n) is 8.36. The molecule has 0 aromatic heterocycles. The van der Waals surface area contributed by atoms with Gasteiger partial charge in [-0.1, -0.05) is 44.2 Å². The molecule has 5 heteroatoms. The first kappa shape index (κ1) is 17.5. The van der Waals surface area contributed by atoms with E-state index in [0.717, 1.165) is 12.0 Å². The predicted molar refractivity (Wildman–Crippen MR) is 90.7 cm³/mol. The molecule has 1 aliphatic rings. The highest BCUT2D eigenvalue weighted by molar-refractivity contribution is 5.82. The van der Waals surface area contributed by atoms with Crippen LogP contribution in [-0.4, -0.2) is 53.8 Å². The smallest absolute Gasteiger partial charge is 0.239 e. The molecule has 0 aliphatic carbocycles. The number of nitrogens with two attached hydrogens (primary N) is 1. The summed E-state index contributed by atoms with van der Waals surface area (Å²) in [5.41, 5.74) is 7.17. The van der Waals surface area contributed by atoms with Gasteiger partial charge in [-0.05, 0) is 18.4 Å². The van der Waals surface area contributed by atoms with Crippen LogP contribution in [0, 0.1) is 5.92 Å². The zero-order valence-electron chi connectivity index (χ0n) is 14.1. The van der Waals surface area contributed by atoms with Gasteiger partial charge in [-0.2, -0.15) is 0 Å². The molecule has 0 unspecified atom stereocenters. The Morgan fingerprint density at radius 3 is 2.13 bits per heavy atom. The van der Waals surface area contributed by atoms with Crippen LogP contribution in [0.15, 0.2) is 30.3 Å². The van der Waals surface area contributed by atoms with E-state index in [0.29, 0.717) is 32.6 Å². The van der Waals surface area contributed by atoms with Gasteiger partial charge in [-0.3, -0.25) is 9.59 Å². The summed E-state index contributed by atoms with van der Waals surface area (Å²) >= 11 is 0. The van der Waals surface area contributed by atoms with Crippen LogP contribution in [0.2, 0.25) is 0 Å². The van der Waals surface area contributed by atoms with Crippen LogP contribution in [0.4, 0.5) is 0 Å². The minimum atomic E-state index is -0.523. The highest BCUT2D eigenvalue weighted by atomic mass is 16.2. The molecule has 1 fully saturated rings. The molecule has 0 saturated carbocycles. The second kappa shape index (κ2) is 8.11. The quantitative estimate of drug-likeness (QED) is 0.909. The van der Waals surface area contributed by atoms with Gasteiger partial charge in [0.25, 0.3) is 0 Å². The molecule has 1 atom stereocenters. The molecule has 1 aliphatic heterocycles. The number of carbonyl (C=O) groups is 2. The maximum atomic E-state index is 12.6. The Labute approximate surface area is 138 Å². The van der Waals surface area contributed by atoms with Gasteiger partial charge < -0.3 is 15.5 Å². The van der Waals surface area contributed by atoms with Crippen molar-refractivity contribution in [2.45, 2.75) is 32.7 Å². The maximum absolute atomic E-state index is 12.6. The first-order valence-corrected chi connectivity index (χ1v) is 8.36. The van der Waals surface area contributed by atoms with E-state index in [2.05, 4.69) is 0 Å². The zero-order valence-corrected chi connectivity index (χ0v) is 14.1. The van der Waals surface area contributed by atoms with Gasteiger partial charge in [0.15, 0.2) is 0 Å². The molecule has 0 bridgehead atoms. The second-order valence-corrected chi connectivity index (χ2v) is 6.46. The average Bonchev–Trinajstić information content (AvgIpc) is 2.80. The normalized spacial score (nSPS) is 17.0. The number of hydrogen-bond acceptors (Lipinski definition) is 3.